The molecular weight excluding hydrogens is 299 g/mol. The topological polar surface area (TPSA) is 44.2 Å². The molecule has 0 fully saturated rings. The average Bonchev–Trinajstić information content (AvgIpc) is 2.43. The standard InChI is InChI=1S/C14H14Cl2N2O2/c1-19-13-14(20-2)18-12(8-17-13)4-3-9-5-10(15)7-11(16)6-9/h5-8H,3-4H2,1-2H3. The highest BCUT2D eigenvalue weighted by Gasteiger charge is 2.08. The molecule has 106 valence electrons. The maximum atomic E-state index is 5.97. The minimum absolute atomic E-state index is 0.377. The van der Waals surface area contributed by atoms with E-state index in [0.29, 0.717) is 28.2 Å². The van der Waals surface area contributed by atoms with Crippen molar-refractivity contribution >= 4 is 23.2 Å². The van der Waals surface area contributed by atoms with Crippen LogP contribution in [-0.2, 0) is 12.8 Å². The van der Waals surface area contributed by atoms with Gasteiger partial charge in [0.2, 0.25) is 0 Å². The van der Waals surface area contributed by atoms with Crippen molar-refractivity contribution in [3.63, 3.8) is 0 Å². The van der Waals surface area contributed by atoms with Gasteiger partial charge in [0, 0.05) is 10.0 Å². The average molecular weight is 313 g/mol. The largest absolute Gasteiger partial charge is 0.477 e. The summed E-state index contributed by atoms with van der Waals surface area (Å²) in [6.45, 7) is 0. The number of aromatic nitrogens is 2. The first-order valence-corrected chi connectivity index (χ1v) is 6.77. The van der Waals surface area contributed by atoms with E-state index in [1.807, 2.05) is 12.1 Å². The van der Waals surface area contributed by atoms with Crippen LogP contribution < -0.4 is 9.47 Å². The molecule has 2 rings (SSSR count). The van der Waals surface area contributed by atoms with Gasteiger partial charge >= 0.3 is 0 Å². The van der Waals surface area contributed by atoms with Gasteiger partial charge in [0.05, 0.1) is 26.1 Å². The van der Waals surface area contributed by atoms with Crippen LogP contribution in [0, 0.1) is 0 Å². The van der Waals surface area contributed by atoms with Gasteiger partial charge in [-0.15, -0.1) is 0 Å². The summed E-state index contributed by atoms with van der Waals surface area (Å²) < 4.78 is 10.2. The van der Waals surface area contributed by atoms with Crippen LogP contribution >= 0.6 is 23.2 Å². The molecule has 2 aromatic rings. The van der Waals surface area contributed by atoms with Crippen LogP contribution in [-0.4, -0.2) is 24.2 Å². The first-order chi connectivity index (χ1) is 9.62. The number of aryl methyl sites for hydroxylation is 2. The minimum Gasteiger partial charge on any atom is -0.477 e. The Balaban J connectivity index is 2.10. The molecule has 0 amide bonds. The maximum Gasteiger partial charge on any atom is 0.278 e. The zero-order valence-electron chi connectivity index (χ0n) is 11.2. The van der Waals surface area contributed by atoms with Crippen LogP contribution in [0.1, 0.15) is 11.3 Å². The molecule has 0 saturated heterocycles. The Hall–Kier alpha value is -1.52. The highest BCUT2D eigenvalue weighted by Crippen LogP contribution is 2.22. The van der Waals surface area contributed by atoms with Crippen LogP contribution in [0.2, 0.25) is 10.0 Å². The van der Waals surface area contributed by atoms with Crippen LogP contribution in [0.25, 0.3) is 0 Å². The second kappa shape index (κ2) is 6.77. The molecule has 4 nitrogen and oxygen atoms in total. The summed E-state index contributed by atoms with van der Waals surface area (Å²) in [7, 11) is 3.06. The Bertz CT molecular complexity index is 585. The van der Waals surface area contributed by atoms with Crippen molar-refractivity contribution in [2.24, 2.45) is 0 Å². The number of hydrogen-bond donors (Lipinski definition) is 0. The molecule has 0 bridgehead atoms. The van der Waals surface area contributed by atoms with Crippen LogP contribution in [0.3, 0.4) is 0 Å². The van der Waals surface area contributed by atoms with E-state index in [9.17, 15) is 0 Å². The summed E-state index contributed by atoms with van der Waals surface area (Å²) in [6, 6.07) is 5.49. The van der Waals surface area contributed by atoms with Gasteiger partial charge in [-0.1, -0.05) is 23.2 Å². The van der Waals surface area contributed by atoms with Crippen molar-refractivity contribution in [3.05, 3.63) is 45.7 Å². The zero-order chi connectivity index (χ0) is 14.5. The highest BCUT2D eigenvalue weighted by atomic mass is 35.5. The molecule has 20 heavy (non-hydrogen) atoms. The van der Waals surface area contributed by atoms with Crippen LogP contribution in [0.5, 0.6) is 11.8 Å². The molecule has 0 unspecified atom stereocenters. The van der Waals surface area contributed by atoms with E-state index >= 15 is 0 Å². The number of halogens is 2. The van der Waals surface area contributed by atoms with Gasteiger partial charge in [-0.3, -0.25) is 0 Å². The van der Waals surface area contributed by atoms with Crippen molar-refractivity contribution in [1.82, 2.24) is 9.97 Å². The minimum atomic E-state index is 0.377. The van der Waals surface area contributed by atoms with Crippen molar-refractivity contribution < 1.29 is 9.47 Å². The molecule has 0 aliphatic rings. The number of ether oxygens (including phenoxy) is 2. The summed E-state index contributed by atoms with van der Waals surface area (Å²) in [5.41, 5.74) is 1.87. The zero-order valence-corrected chi connectivity index (χ0v) is 12.7. The smallest absolute Gasteiger partial charge is 0.278 e. The van der Waals surface area contributed by atoms with Crippen molar-refractivity contribution in [2.75, 3.05) is 14.2 Å². The normalized spacial score (nSPS) is 10.4. The molecule has 0 aliphatic heterocycles. The number of methoxy groups -OCH3 is 2. The predicted octanol–water partition coefficient (Wildman–Crippen LogP) is 3.59. The summed E-state index contributed by atoms with van der Waals surface area (Å²) in [6.07, 6.45) is 3.15. The molecule has 0 N–H and O–H groups in total. The molecular formula is C14H14Cl2N2O2. The number of benzene rings is 1. The summed E-state index contributed by atoms with van der Waals surface area (Å²) in [4.78, 5) is 8.50. The quantitative estimate of drug-likeness (QED) is 0.846. The van der Waals surface area contributed by atoms with E-state index in [1.54, 1.807) is 12.3 Å². The van der Waals surface area contributed by atoms with E-state index in [-0.39, 0.29) is 0 Å². The van der Waals surface area contributed by atoms with Crippen molar-refractivity contribution in [3.8, 4) is 11.8 Å². The summed E-state index contributed by atoms with van der Waals surface area (Å²) in [5.74, 6) is 0.760. The lowest BCUT2D eigenvalue weighted by Crippen LogP contribution is -2.01. The van der Waals surface area contributed by atoms with Gasteiger partial charge in [0.15, 0.2) is 0 Å². The Morgan fingerprint density at radius 3 is 2.20 bits per heavy atom. The number of nitrogens with zero attached hydrogens (tertiary/aromatic N) is 2. The Kier molecular flexibility index (Phi) is 5.04. The second-order valence-corrected chi connectivity index (χ2v) is 5.03. The molecule has 0 spiro atoms. The molecule has 1 aromatic carbocycles. The monoisotopic (exact) mass is 312 g/mol. The Labute approximate surface area is 127 Å². The lowest BCUT2D eigenvalue weighted by molar-refractivity contribution is 0.330. The lowest BCUT2D eigenvalue weighted by atomic mass is 10.1. The molecule has 1 aromatic heterocycles. The van der Waals surface area contributed by atoms with E-state index in [2.05, 4.69) is 9.97 Å². The van der Waals surface area contributed by atoms with Crippen molar-refractivity contribution in [2.45, 2.75) is 12.8 Å². The third-order valence-corrected chi connectivity index (χ3v) is 3.17. The van der Waals surface area contributed by atoms with Crippen molar-refractivity contribution in [1.29, 1.82) is 0 Å². The van der Waals surface area contributed by atoms with Gasteiger partial charge in [0.25, 0.3) is 11.8 Å². The number of rotatable bonds is 5. The molecule has 0 aliphatic carbocycles. The molecule has 6 heteroatoms. The fraction of sp³-hybridized carbons (Fsp3) is 0.286. The van der Waals surface area contributed by atoms with E-state index in [4.69, 9.17) is 32.7 Å². The predicted molar refractivity (Wildman–Crippen MR) is 79.0 cm³/mol. The lowest BCUT2D eigenvalue weighted by Gasteiger charge is -2.07. The fourth-order valence-electron chi connectivity index (χ4n) is 1.82. The van der Waals surface area contributed by atoms with E-state index in [1.165, 1.54) is 14.2 Å². The summed E-state index contributed by atoms with van der Waals surface area (Å²) in [5, 5.41) is 1.26. The van der Waals surface area contributed by atoms with Gasteiger partial charge in [0.1, 0.15) is 0 Å². The summed E-state index contributed by atoms with van der Waals surface area (Å²) >= 11 is 11.9. The molecule has 1 heterocycles. The Morgan fingerprint density at radius 2 is 1.60 bits per heavy atom. The third-order valence-electron chi connectivity index (χ3n) is 2.74. The first-order valence-electron chi connectivity index (χ1n) is 6.01. The van der Waals surface area contributed by atoms with Crippen LogP contribution in [0.4, 0.5) is 0 Å². The highest BCUT2D eigenvalue weighted by molar-refractivity contribution is 6.34. The fourth-order valence-corrected chi connectivity index (χ4v) is 2.39. The third kappa shape index (κ3) is 3.74. The second-order valence-electron chi connectivity index (χ2n) is 4.16. The van der Waals surface area contributed by atoms with Gasteiger partial charge in [-0.2, -0.15) is 0 Å². The Morgan fingerprint density at radius 1 is 0.950 bits per heavy atom. The van der Waals surface area contributed by atoms with Gasteiger partial charge in [-0.05, 0) is 36.6 Å². The van der Waals surface area contributed by atoms with Gasteiger partial charge in [-0.25, -0.2) is 9.97 Å². The maximum absolute atomic E-state index is 5.97. The molecule has 0 saturated carbocycles. The molecule has 0 atom stereocenters. The van der Waals surface area contributed by atoms with E-state index < -0.39 is 0 Å². The van der Waals surface area contributed by atoms with Crippen LogP contribution in [0.15, 0.2) is 24.4 Å². The SMILES string of the molecule is COc1ncc(CCc2cc(Cl)cc(Cl)c2)nc1OC. The molecule has 0 radical (unpaired) electrons. The number of hydrogen-bond acceptors (Lipinski definition) is 4. The van der Waals surface area contributed by atoms with E-state index in [0.717, 1.165) is 17.7 Å². The first kappa shape index (κ1) is 14.9. The van der Waals surface area contributed by atoms with Gasteiger partial charge < -0.3 is 9.47 Å².